The highest BCUT2D eigenvalue weighted by molar-refractivity contribution is 5.91. The van der Waals surface area contributed by atoms with E-state index in [-0.39, 0.29) is 24.3 Å². The van der Waals surface area contributed by atoms with Crippen molar-refractivity contribution < 1.29 is 23.9 Å². The highest BCUT2D eigenvalue weighted by Crippen LogP contribution is 2.28. The number of carbonyl (C=O) groups excluding carboxylic acids is 3. The Morgan fingerprint density at radius 3 is 2.17 bits per heavy atom. The van der Waals surface area contributed by atoms with Gasteiger partial charge in [-0.15, -0.1) is 5.10 Å². The fourth-order valence-corrected chi connectivity index (χ4v) is 7.54. The summed E-state index contributed by atoms with van der Waals surface area (Å²) in [6.07, 6.45) is 7.78. The number of urea groups is 1. The number of aromatic nitrogens is 5. The lowest BCUT2D eigenvalue weighted by Gasteiger charge is -2.36. The summed E-state index contributed by atoms with van der Waals surface area (Å²) in [5.74, 6) is 1.29. The Bertz CT molecular complexity index is 2020. The van der Waals surface area contributed by atoms with Crippen molar-refractivity contribution in [3.05, 3.63) is 66.5 Å². The molecule has 4 amide bonds. The van der Waals surface area contributed by atoms with Crippen LogP contribution in [-0.2, 0) is 22.6 Å². The van der Waals surface area contributed by atoms with E-state index in [0.717, 1.165) is 53.8 Å². The van der Waals surface area contributed by atoms with Crippen LogP contribution in [0.5, 0.6) is 0 Å². The Hall–Kier alpha value is -5.67. The molecule has 1 aliphatic carbocycles. The molecule has 1 saturated carbocycles. The summed E-state index contributed by atoms with van der Waals surface area (Å²) < 4.78 is 13.4. The van der Waals surface area contributed by atoms with Crippen LogP contribution in [0.1, 0.15) is 92.2 Å². The molecule has 1 saturated heterocycles. The second-order valence-corrected chi connectivity index (χ2v) is 17.6. The number of hydrogen-bond acceptors (Lipinski definition) is 11. The van der Waals surface area contributed by atoms with Crippen LogP contribution in [0.4, 0.5) is 31.8 Å². The number of nitrogens with one attached hydrogen (secondary N) is 2. The van der Waals surface area contributed by atoms with Crippen LogP contribution in [0.25, 0.3) is 10.9 Å². The van der Waals surface area contributed by atoms with Crippen LogP contribution in [-0.4, -0.2) is 121 Å². The highest BCUT2D eigenvalue weighted by Gasteiger charge is 2.30. The van der Waals surface area contributed by atoms with E-state index in [1.807, 2.05) is 112 Å². The first-order valence-corrected chi connectivity index (χ1v) is 21.4. The predicted octanol–water partition coefficient (Wildman–Crippen LogP) is 7.77. The van der Waals surface area contributed by atoms with E-state index in [2.05, 4.69) is 25.8 Å². The average molecular weight is 826 g/mol. The minimum Gasteiger partial charge on any atom is -0.444 e. The summed E-state index contributed by atoms with van der Waals surface area (Å²) in [6.45, 7) is 16.0. The third-order valence-electron chi connectivity index (χ3n) is 10.4. The summed E-state index contributed by atoms with van der Waals surface area (Å²) in [5.41, 5.74) is 1.09. The molecular formula is C44H63N11O5. The van der Waals surface area contributed by atoms with Crippen molar-refractivity contribution in [1.82, 2.24) is 39.7 Å². The molecule has 2 aliphatic rings. The number of para-hydroxylation sites is 2. The molecule has 324 valence electrons. The zero-order chi connectivity index (χ0) is 42.7. The maximum atomic E-state index is 13.4. The fourth-order valence-electron chi connectivity index (χ4n) is 7.54. The van der Waals surface area contributed by atoms with Crippen LogP contribution in [0.15, 0.2) is 60.8 Å². The fraction of sp³-hybridized carbons (Fsp3) is 0.568. The van der Waals surface area contributed by atoms with E-state index in [9.17, 15) is 14.4 Å². The van der Waals surface area contributed by atoms with Crippen molar-refractivity contribution in [2.24, 2.45) is 0 Å². The molecule has 16 nitrogen and oxygen atoms in total. The van der Waals surface area contributed by atoms with E-state index >= 15 is 0 Å². The molecule has 2 aromatic carbocycles. The molecule has 0 atom stereocenters. The molecule has 0 radical (unpaired) electrons. The zero-order valence-electron chi connectivity index (χ0n) is 36.2. The van der Waals surface area contributed by atoms with Crippen molar-refractivity contribution >= 4 is 46.6 Å². The van der Waals surface area contributed by atoms with Crippen molar-refractivity contribution in [2.45, 2.75) is 117 Å². The lowest BCUT2D eigenvalue weighted by atomic mass is 9.94. The Kier molecular flexibility index (Phi) is 14.7. The first-order chi connectivity index (χ1) is 28.7. The van der Waals surface area contributed by atoms with Gasteiger partial charge in [-0.05, 0) is 91.5 Å². The van der Waals surface area contributed by atoms with E-state index < -0.39 is 11.2 Å². The van der Waals surface area contributed by atoms with Gasteiger partial charge in [-0.2, -0.15) is 4.98 Å². The number of piperazine rings is 1. The number of nitrogens with zero attached hydrogens (tertiary/aromatic N) is 9. The van der Waals surface area contributed by atoms with E-state index in [0.29, 0.717) is 77.7 Å². The number of fused-ring (bicyclic) bond motifs is 1. The second-order valence-electron chi connectivity index (χ2n) is 17.6. The van der Waals surface area contributed by atoms with Crippen LogP contribution in [0.2, 0.25) is 0 Å². The van der Waals surface area contributed by atoms with Gasteiger partial charge in [-0.25, -0.2) is 19.4 Å². The Morgan fingerprint density at radius 1 is 0.783 bits per heavy atom. The maximum absolute atomic E-state index is 13.4. The number of anilines is 3. The number of rotatable bonds is 14. The Morgan fingerprint density at radius 2 is 1.45 bits per heavy atom. The van der Waals surface area contributed by atoms with Gasteiger partial charge in [0.2, 0.25) is 5.95 Å². The monoisotopic (exact) mass is 826 g/mol. The molecule has 1 aliphatic heterocycles. The highest BCUT2D eigenvalue weighted by atomic mass is 16.6. The quantitative estimate of drug-likeness (QED) is 0.128. The predicted molar refractivity (Wildman–Crippen MR) is 233 cm³/mol. The van der Waals surface area contributed by atoms with E-state index in [1.54, 1.807) is 9.58 Å². The van der Waals surface area contributed by atoms with Gasteiger partial charge >= 0.3 is 18.2 Å². The molecule has 0 unspecified atom stereocenters. The molecule has 2 aromatic heterocycles. The van der Waals surface area contributed by atoms with E-state index in [4.69, 9.17) is 19.4 Å². The molecule has 2 N–H and O–H groups in total. The largest absolute Gasteiger partial charge is 0.444 e. The second kappa shape index (κ2) is 20.1. The summed E-state index contributed by atoms with van der Waals surface area (Å²) in [6, 6.07) is 17.5. The van der Waals surface area contributed by atoms with Gasteiger partial charge in [0.1, 0.15) is 22.7 Å². The van der Waals surface area contributed by atoms with Crippen LogP contribution in [0, 0.1) is 0 Å². The lowest BCUT2D eigenvalue weighted by Crippen LogP contribution is -2.50. The minimum atomic E-state index is -0.640. The van der Waals surface area contributed by atoms with Crippen LogP contribution in [0.3, 0.4) is 0 Å². The molecule has 0 spiro atoms. The van der Waals surface area contributed by atoms with Gasteiger partial charge in [0.05, 0.1) is 18.3 Å². The van der Waals surface area contributed by atoms with Crippen molar-refractivity contribution in [2.75, 3.05) is 61.3 Å². The van der Waals surface area contributed by atoms with Crippen molar-refractivity contribution in [3.8, 4) is 0 Å². The molecule has 3 heterocycles. The normalized spacial score (nSPS) is 15.1. The first kappa shape index (κ1) is 43.9. The van der Waals surface area contributed by atoms with Crippen LogP contribution < -0.4 is 15.5 Å². The van der Waals surface area contributed by atoms with Gasteiger partial charge in [-0.1, -0.05) is 54.8 Å². The van der Waals surface area contributed by atoms with Gasteiger partial charge in [-0.3, -0.25) is 4.68 Å². The minimum absolute atomic E-state index is 0.114. The maximum Gasteiger partial charge on any atom is 0.410 e. The standard InChI is InChI=1S/C44H63N11O5/c1-43(2,3)59-41(57)53(24-16-26-55(35-19-11-8-12-20-35)42(58)60-44(4,5)6)23-15-25-54-32-34(49-50-54)31-45-39-47-37-22-14-13-21-36(37)38(48-39)51-27-29-52(30-28-51)40(56)46-33-17-9-7-10-18-33/h7,9-10,13-14,17-18,21-22,32,35H,8,11-12,15-16,19-20,23-31H2,1-6H3,(H,46,56)(H,45,47,48). The molecule has 16 heteroatoms. The van der Waals surface area contributed by atoms with Gasteiger partial charge < -0.3 is 39.7 Å². The average Bonchev–Trinajstić information content (AvgIpc) is 3.67. The SMILES string of the molecule is CC(C)(C)OC(=O)N(CCCN(C(=O)OC(C)(C)C)C1CCCCC1)CCCn1cc(CNc2nc(N3CCN(C(=O)Nc4ccccc4)CC3)c3ccccc3n2)nn1. The third kappa shape index (κ3) is 12.9. The Balaban J connectivity index is 1.02. The summed E-state index contributed by atoms with van der Waals surface area (Å²) in [4.78, 5) is 56.9. The molecule has 2 fully saturated rings. The number of hydrogen-bond donors (Lipinski definition) is 2. The molecule has 0 bridgehead atoms. The molecular weight excluding hydrogens is 763 g/mol. The molecule has 6 rings (SSSR count). The third-order valence-corrected chi connectivity index (χ3v) is 10.4. The summed E-state index contributed by atoms with van der Waals surface area (Å²) >= 11 is 0. The number of aryl methyl sites for hydroxylation is 1. The van der Waals surface area contributed by atoms with Crippen molar-refractivity contribution in [3.63, 3.8) is 0 Å². The first-order valence-electron chi connectivity index (χ1n) is 21.4. The van der Waals surface area contributed by atoms with E-state index in [1.165, 1.54) is 6.42 Å². The number of amides is 4. The summed E-state index contributed by atoms with van der Waals surface area (Å²) in [5, 5.41) is 16.0. The van der Waals surface area contributed by atoms with Gasteiger partial charge in [0.25, 0.3) is 0 Å². The Labute approximate surface area is 354 Å². The zero-order valence-corrected chi connectivity index (χ0v) is 36.2. The smallest absolute Gasteiger partial charge is 0.410 e. The number of ether oxygens (including phenoxy) is 2. The summed E-state index contributed by atoms with van der Waals surface area (Å²) in [7, 11) is 0. The number of benzene rings is 2. The van der Waals surface area contributed by atoms with Gasteiger partial charge in [0, 0.05) is 69.5 Å². The molecule has 60 heavy (non-hydrogen) atoms. The van der Waals surface area contributed by atoms with Crippen molar-refractivity contribution in [1.29, 1.82) is 0 Å². The number of carbonyl (C=O) groups is 3. The van der Waals surface area contributed by atoms with Crippen LogP contribution >= 0.6 is 0 Å². The molecule has 4 aromatic rings. The topological polar surface area (TPSA) is 163 Å². The van der Waals surface area contributed by atoms with Gasteiger partial charge in [0.15, 0.2) is 0 Å². The lowest BCUT2D eigenvalue weighted by molar-refractivity contribution is 0.00993.